The Balaban J connectivity index is 1.82. The van der Waals surface area contributed by atoms with Crippen molar-refractivity contribution < 1.29 is 13.2 Å². The molecule has 0 aliphatic carbocycles. The lowest BCUT2D eigenvalue weighted by Gasteiger charge is -2.11. The highest BCUT2D eigenvalue weighted by Crippen LogP contribution is 2.31. The van der Waals surface area contributed by atoms with Crippen LogP contribution < -0.4 is 15.6 Å². The van der Waals surface area contributed by atoms with Crippen LogP contribution in [0, 0.1) is 0 Å². The van der Waals surface area contributed by atoms with Crippen LogP contribution >= 0.6 is 11.8 Å². The molecule has 156 valence electrons. The maximum atomic E-state index is 12.8. The number of benzene rings is 2. The van der Waals surface area contributed by atoms with Crippen LogP contribution in [0.4, 0.5) is 5.69 Å². The average Bonchev–Trinajstić information content (AvgIpc) is 2.75. The SMILES string of the molecule is CCn1cc(NC(=O)c2ccccc2Sc2ccc(S(=O)(=O)NC)cc2)ccc1=O. The first-order valence-corrected chi connectivity index (χ1v) is 11.5. The number of aryl methyl sites for hydroxylation is 1. The number of sulfonamides is 1. The predicted octanol–water partition coefficient (Wildman–Crippen LogP) is 3.18. The fourth-order valence-corrected chi connectivity index (χ4v) is 4.40. The van der Waals surface area contributed by atoms with Gasteiger partial charge in [-0.1, -0.05) is 23.9 Å². The van der Waals surface area contributed by atoms with Gasteiger partial charge in [-0.15, -0.1) is 0 Å². The number of hydrogen-bond acceptors (Lipinski definition) is 5. The maximum Gasteiger partial charge on any atom is 0.256 e. The zero-order chi connectivity index (χ0) is 21.7. The molecule has 3 rings (SSSR count). The largest absolute Gasteiger partial charge is 0.321 e. The van der Waals surface area contributed by atoms with E-state index in [1.54, 1.807) is 36.5 Å². The zero-order valence-electron chi connectivity index (χ0n) is 16.5. The van der Waals surface area contributed by atoms with Crippen molar-refractivity contribution in [2.45, 2.75) is 28.2 Å². The summed E-state index contributed by atoms with van der Waals surface area (Å²) in [5.74, 6) is -0.297. The first-order valence-electron chi connectivity index (χ1n) is 9.16. The molecule has 0 saturated heterocycles. The first-order chi connectivity index (χ1) is 14.3. The molecule has 2 aromatic carbocycles. The molecule has 7 nitrogen and oxygen atoms in total. The van der Waals surface area contributed by atoms with Crippen molar-refractivity contribution in [1.29, 1.82) is 0 Å². The van der Waals surface area contributed by atoms with E-state index in [0.29, 0.717) is 17.8 Å². The highest BCUT2D eigenvalue weighted by atomic mass is 32.2. The van der Waals surface area contributed by atoms with E-state index in [1.807, 2.05) is 19.1 Å². The van der Waals surface area contributed by atoms with Crippen LogP contribution in [0.3, 0.4) is 0 Å². The molecule has 30 heavy (non-hydrogen) atoms. The summed E-state index contributed by atoms with van der Waals surface area (Å²) in [7, 11) is -2.14. The van der Waals surface area contributed by atoms with Crippen molar-refractivity contribution in [3.63, 3.8) is 0 Å². The monoisotopic (exact) mass is 443 g/mol. The summed E-state index contributed by atoms with van der Waals surface area (Å²) in [5, 5.41) is 2.82. The minimum absolute atomic E-state index is 0.129. The van der Waals surface area contributed by atoms with Gasteiger partial charge in [0.15, 0.2) is 0 Å². The highest BCUT2D eigenvalue weighted by Gasteiger charge is 2.14. The maximum absolute atomic E-state index is 12.8. The Morgan fingerprint density at radius 3 is 2.40 bits per heavy atom. The molecular formula is C21H21N3O4S2. The second-order valence-corrected chi connectivity index (χ2v) is 9.28. The number of nitrogens with one attached hydrogen (secondary N) is 2. The molecule has 3 aromatic rings. The van der Waals surface area contributed by atoms with Gasteiger partial charge in [-0.2, -0.15) is 0 Å². The molecule has 0 fully saturated rings. The van der Waals surface area contributed by atoms with Crippen molar-refractivity contribution in [3.8, 4) is 0 Å². The van der Waals surface area contributed by atoms with Crippen LogP contribution in [0.1, 0.15) is 17.3 Å². The number of hydrogen-bond donors (Lipinski definition) is 2. The van der Waals surface area contributed by atoms with Gasteiger partial charge in [-0.25, -0.2) is 13.1 Å². The number of rotatable bonds is 7. The molecule has 0 atom stereocenters. The predicted molar refractivity (Wildman–Crippen MR) is 118 cm³/mol. The summed E-state index contributed by atoms with van der Waals surface area (Å²) in [5.41, 5.74) is 0.877. The second-order valence-electron chi connectivity index (χ2n) is 6.27. The topological polar surface area (TPSA) is 97.3 Å². The molecule has 0 unspecified atom stereocenters. The van der Waals surface area contributed by atoms with E-state index in [2.05, 4.69) is 10.0 Å². The smallest absolute Gasteiger partial charge is 0.256 e. The molecule has 1 aromatic heterocycles. The van der Waals surface area contributed by atoms with E-state index in [1.165, 1.54) is 41.6 Å². The molecule has 1 amide bonds. The van der Waals surface area contributed by atoms with Gasteiger partial charge < -0.3 is 9.88 Å². The van der Waals surface area contributed by atoms with Crippen LogP contribution in [-0.2, 0) is 16.6 Å². The van der Waals surface area contributed by atoms with E-state index >= 15 is 0 Å². The Bertz CT molecular complexity index is 1220. The van der Waals surface area contributed by atoms with Crippen LogP contribution in [-0.4, -0.2) is 25.9 Å². The van der Waals surface area contributed by atoms with E-state index in [0.717, 1.165) is 9.79 Å². The van der Waals surface area contributed by atoms with Gasteiger partial charge in [0.25, 0.3) is 11.5 Å². The van der Waals surface area contributed by atoms with Crippen LogP contribution in [0.15, 0.2) is 86.3 Å². The molecule has 0 spiro atoms. The fraction of sp³-hybridized carbons (Fsp3) is 0.143. The van der Waals surface area contributed by atoms with E-state index in [9.17, 15) is 18.0 Å². The third-order valence-electron chi connectivity index (χ3n) is 4.34. The van der Waals surface area contributed by atoms with Crippen molar-refractivity contribution in [1.82, 2.24) is 9.29 Å². The molecule has 2 N–H and O–H groups in total. The highest BCUT2D eigenvalue weighted by molar-refractivity contribution is 7.99. The summed E-state index contributed by atoms with van der Waals surface area (Å²) in [4.78, 5) is 26.3. The van der Waals surface area contributed by atoms with Gasteiger partial charge in [0.05, 0.1) is 16.1 Å². The minimum Gasteiger partial charge on any atom is -0.321 e. The molecule has 0 aliphatic heterocycles. The summed E-state index contributed by atoms with van der Waals surface area (Å²) >= 11 is 1.36. The number of anilines is 1. The summed E-state index contributed by atoms with van der Waals surface area (Å²) in [6.45, 7) is 2.36. The Kier molecular flexibility index (Phi) is 6.76. The number of aromatic nitrogens is 1. The quantitative estimate of drug-likeness (QED) is 0.585. The van der Waals surface area contributed by atoms with Gasteiger partial charge in [0, 0.05) is 28.6 Å². The Morgan fingerprint density at radius 2 is 1.73 bits per heavy atom. The Labute approximate surface area is 179 Å². The van der Waals surface area contributed by atoms with E-state index in [4.69, 9.17) is 0 Å². The average molecular weight is 444 g/mol. The van der Waals surface area contributed by atoms with Gasteiger partial charge in [0.2, 0.25) is 10.0 Å². The Hall–Kier alpha value is -2.88. The number of nitrogens with zero attached hydrogens (tertiary/aromatic N) is 1. The molecule has 0 saturated carbocycles. The van der Waals surface area contributed by atoms with Crippen molar-refractivity contribution in [2.24, 2.45) is 0 Å². The molecular weight excluding hydrogens is 422 g/mol. The lowest BCUT2D eigenvalue weighted by molar-refractivity contribution is 0.102. The van der Waals surface area contributed by atoms with Gasteiger partial charge in [-0.3, -0.25) is 9.59 Å². The number of pyridine rings is 1. The molecule has 1 heterocycles. The zero-order valence-corrected chi connectivity index (χ0v) is 18.1. The second kappa shape index (κ2) is 9.29. The molecule has 0 bridgehead atoms. The van der Waals surface area contributed by atoms with E-state index in [-0.39, 0.29) is 16.4 Å². The third kappa shape index (κ3) is 4.99. The van der Waals surface area contributed by atoms with Crippen LogP contribution in [0.2, 0.25) is 0 Å². The van der Waals surface area contributed by atoms with Gasteiger partial charge in [-0.05, 0) is 56.4 Å². The molecule has 0 aliphatic rings. The summed E-state index contributed by atoms with van der Waals surface area (Å²) in [6, 6.07) is 16.6. The number of carbonyl (C=O) groups excluding carboxylic acids is 1. The summed E-state index contributed by atoms with van der Waals surface area (Å²) < 4.78 is 27.5. The molecule has 0 radical (unpaired) electrons. The third-order valence-corrected chi connectivity index (χ3v) is 6.86. The first kappa shape index (κ1) is 21.8. The van der Waals surface area contributed by atoms with Gasteiger partial charge >= 0.3 is 0 Å². The van der Waals surface area contributed by atoms with Crippen molar-refractivity contribution >= 4 is 33.4 Å². The lowest BCUT2D eigenvalue weighted by Crippen LogP contribution is -2.20. The summed E-state index contributed by atoms with van der Waals surface area (Å²) in [6.07, 6.45) is 1.61. The minimum atomic E-state index is -3.50. The van der Waals surface area contributed by atoms with Crippen LogP contribution in [0.5, 0.6) is 0 Å². The van der Waals surface area contributed by atoms with Crippen molar-refractivity contribution in [3.05, 3.63) is 82.8 Å². The fourth-order valence-electron chi connectivity index (χ4n) is 2.73. The standard InChI is InChI=1S/C21H21N3O4S2/c1-3-24-14-15(8-13-20(24)25)23-21(26)18-6-4-5-7-19(18)29-16-9-11-17(12-10-16)30(27,28)22-2/h4-14,22H,3H2,1-2H3,(H,23,26). The van der Waals surface area contributed by atoms with Gasteiger partial charge in [0.1, 0.15) is 0 Å². The van der Waals surface area contributed by atoms with E-state index < -0.39 is 10.0 Å². The number of carbonyl (C=O) groups is 1. The number of amides is 1. The Morgan fingerprint density at radius 1 is 1.03 bits per heavy atom. The molecule has 9 heteroatoms. The lowest BCUT2D eigenvalue weighted by atomic mass is 10.2. The van der Waals surface area contributed by atoms with Crippen LogP contribution in [0.25, 0.3) is 0 Å². The van der Waals surface area contributed by atoms with Crippen molar-refractivity contribution in [2.75, 3.05) is 12.4 Å². The normalized spacial score (nSPS) is 11.3.